The van der Waals surface area contributed by atoms with Crippen molar-refractivity contribution in [3.05, 3.63) is 61.1 Å². The number of rotatable bonds is 5. The Hall–Kier alpha value is -0.794. The third kappa shape index (κ3) is 6.30. The molecule has 1 aliphatic heterocycles. The maximum atomic E-state index is 12.6. The molecule has 3 heterocycles. The van der Waals surface area contributed by atoms with Crippen molar-refractivity contribution in [2.75, 3.05) is 26.3 Å². The predicted molar refractivity (Wildman–Crippen MR) is 139 cm³/mol. The van der Waals surface area contributed by atoms with Crippen LogP contribution in [0.15, 0.2) is 40.8 Å². The summed E-state index contributed by atoms with van der Waals surface area (Å²) in [7, 11) is 0. The first-order valence-electron chi connectivity index (χ1n) is 9.93. The Bertz CT molecular complexity index is 1240. The summed E-state index contributed by atoms with van der Waals surface area (Å²) < 4.78 is 5.27. The summed E-state index contributed by atoms with van der Waals surface area (Å²) in [4.78, 5) is 28.3. The van der Waals surface area contributed by atoms with E-state index < -0.39 is 5.91 Å². The first kappa shape index (κ1) is 27.8. The van der Waals surface area contributed by atoms with Crippen LogP contribution in [-0.2, 0) is 4.74 Å². The van der Waals surface area contributed by atoms with Crippen LogP contribution >= 0.6 is 45.9 Å². The fourth-order valence-corrected chi connectivity index (χ4v) is 5.36. The van der Waals surface area contributed by atoms with E-state index in [2.05, 4.69) is 10.5 Å². The zero-order valence-corrected chi connectivity index (χ0v) is 20.6. The van der Waals surface area contributed by atoms with Crippen LogP contribution < -0.4 is 5.43 Å². The number of morpholine rings is 1. The number of nitrogens with one attached hydrogen (secondary N) is 1. The summed E-state index contributed by atoms with van der Waals surface area (Å²) in [5, 5.41) is 17.4. The second-order valence-corrected chi connectivity index (χ2v) is 9.94. The summed E-state index contributed by atoms with van der Waals surface area (Å²) in [5.74, 6) is -0.497. The van der Waals surface area contributed by atoms with Crippen molar-refractivity contribution in [2.45, 2.75) is 6.92 Å². The fraction of sp³-hybridized carbons (Fsp3) is 0.227. The van der Waals surface area contributed by atoms with Crippen LogP contribution in [0.5, 0.6) is 5.75 Å². The Morgan fingerprint density at radius 3 is 2.53 bits per heavy atom. The SMILES string of the molecule is CC(=NNC(=O)c1ccc(C(=O)N2CCOCC2)s1)c1csc(-c2ccc(Cl)c(Cl)c2)c1O.[KH]. The van der Waals surface area contributed by atoms with E-state index in [0.29, 0.717) is 62.3 Å². The minimum atomic E-state index is -0.431. The summed E-state index contributed by atoms with van der Waals surface area (Å²) in [6.45, 7) is 3.79. The van der Waals surface area contributed by atoms with E-state index in [4.69, 9.17) is 27.9 Å². The van der Waals surface area contributed by atoms with Gasteiger partial charge in [-0.1, -0.05) is 29.3 Å². The molecular weight excluding hydrogens is 544 g/mol. The van der Waals surface area contributed by atoms with Gasteiger partial charge in [0, 0.05) is 18.5 Å². The number of aromatic hydroxyl groups is 1. The van der Waals surface area contributed by atoms with Gasteiger partial charge in [-0.25, -0.2) is 5.43 Å². The second kappa shape index (κ2) is 12.4. The van der Waals surface area contributed by atoms with Crippen molar-refractivity contribution in [1.82, 2.24) is 10.3 Å². The van der Waals surface area contributed by atoms with Gasteiger partial charge in [0.1, 0.15) is 5.75 Å². The summed E-state index contributed by atoms with van der Waals surface area (Å²) >= 11 is 14.5. The van der Waals surface area contributed by atoms with Crippen molar-refractivity contribution in [2.24, 2.45) is 5.10 Å². The second-order valence-electron chi connectivity index (χ2n) is 7.16. The van der Waals surface area contributed by atoms with Crippen LogP contribution in [0.1, 0.15) is 31.8 Å². The molecule has 2 N–H and O–H groups in total. The number of hydrazone groups is 1. The van der Waals surface area contributed by atoms with E-state index in [0.717, 1.165) is 16.9 Å². The Morgan fingerprint density at radius 1 is 1.12 bits per heavy atom. The van der Waals surface area contributed by atoms with E-state index >= 15 is 0 Å². The molecule has 12 heteroatoms. The summed E-state index contributed by atoms with van der Waals surface area (Å²) in [6.07, 6.45) is 0. The maximum absolute atomic E-state index is 12.6. The van der Waals surface area contributed by atoms with Crippen LogP contribution in [0.2, 0.25) is 10.0 Å². The van der Waals surface area contributed by atoms with Gasteiger partial charge in [-0.3, -0.25) is 9.59 Å². The van der Waals surface area contributed by atoms with Crippen molar-refractivity contribution in [1.29, 1.82) is 0 Å². The molecule has 4 rings (SSSR count). The van der Waals surface area contributed by atoms with Gasteiger partial charge >= 0.3 is 51.4 Å². The summed E-state index contributed by atoms with van der Waals surface area (Å²) in [5.41, 5.74) is 4.15. The van der Waals surface area contributed by atoms with Gasteiger partial charge in [-0.15, -0.1) is 22.7 Å². The molecule has 0 unspecified atom stereocenters. The normalized spacial score (nSPS) is 14.0. The standard InChI is InChI=1S/C22H19Cl2N3O4S2.K.H/c1-12(14-11-32-20(19(14)28)13-2-3-15(23)16(24)10-13)25-26-21(29)17-4-5-18(33-17)22(30)27-6-8-31-9-7-27;;/h2-5,10-11,28H,6-9H2,1H3,(H,26,29);;. The molecule has 0 atom stereocenters. The molecule has 1 saturated heterocycles. The van der Waals surface area contributed by atoms with Crippen molar-refractivity contribution in [3.63, 3.8) is 0 Å². The number of carbonyl (C=O) groups excluding carboxylic acids is 2. The van der Waals surface area contributed by atoms with Crippen molar-refractivity contribution in [3.8, 4) is 16.2 Å². The van der Waals surface area contributed by atoms with Crippen LogP contribution in [0.25, 0.3) is 10.4 Å². The number of thiophene rings is 2. The van der Waals surface area contributed by atoms with E-state index in [1.54, 1.807) is 47.5 Å². The third-order valence-electron chi connectivity index (χ3n) is 5.00. The van der Waals surface area contributed by atoms with Crippen LogP contribution in [-0.4, -0.2) is 105 Å². The van der Waals surface area contributed by atoms with Gasteiger partial charge in [0.15, 0.2) is 0 Å². The molecule has 1 aliphatic rings. The van der Waals surface area contributed by atoms with Crippen LogP contribution in [0.4, 0.5) is 0 Å². The van der Waals surface area contributed by atoms with Crippen LogP contribution in [0.3, 0.4) is 0 Å². The third-order valence-corrected chi connectivity index (χ3v) is 7.83. The van der Waals surface area contributed by atoms with Gasteiger partial charge in [0.2, 0.25) is 0 Å². The quantitative estimate of drug-likeness (QED) is 0.272. The van der Waals surface area contributed by atoms with Crippen LogP contribution in [0, 0.1) is 0 Å². The Kier molecular flexibility index (Phi) is 10.2. The molecule has 0 bridgehead atoms. The number of hydrogen-bond acceptors (Lipinski definition) is 7. The van der Waals surface area contributed by atoms with Crippen molar-refractivity contribution < 1.29 is 19.4 Å². The Balaban J connectivity index is 0.00000324. The molecule has 0 spiro atoms. The Labute approximate surface area is 257 Å². The molecule has 1 fully saturated rings. The Morgan fingerprint density at radius 2 is 1.82 bits per heavy atom. The molecule has 0 saturated carbocycles. The van der Waals surface area contributed by atoms with Gasteiger partial charge < -0.3 is 14.7 Å². The number of carbonyl (C=O) groups is 2. The monoisotopic (exact) mass is 563 g/mol. The van der Waals surface area contributed by atoms with Gasteiger partial charge in [0.25, 0.3) is 11.8 Å². The fourth-order valence-electron chi connectivity index (χ4n) is 3.20. The summed E-state index contributed by atoms with van der Waals surface area (Å²) in [6, 6.07) is 8.36. The number of halogens is 2. The molecule has 0 radical (unpaired) electrons. The predicted octanol–water partition coefficient (Wildman–Crippen LogP) is 4.47. The molecule has 7 nitrogen and oxygen atoms in total. The van der Waals surface area contributed by atoms with E-state index in [-0.39, 0.29) is 63.0 Å². The molecular formula is C22H20Cl2KN3O4S2. The van der Waals surface area contributed by atoms with E-state index in [9.17, 15) is 14.7 Å². The number of amides is 2. The van der Waals surface area contributed by atoms with E-state index in [1.165, 1.54) is 11.3 Å². The van der Waals surface area contributed by atoms with E-state index in [1.807, 2.05) is 0 Å². The van der Waals surface area contributed by atoms with Gasteiger partial charge in [0.05, 0.1) is 49.2 Å². The molecule has 3 aromatic rings. The average molecular weight is 565 g/mol. The van der Waals surface area contributed by atoms with Crippen molar-refractivity contribution >= 4 is 115 Å². The molecule has 2 amide bonds. The molecule has 1 aromatic carbocycles. The van der Waals surface area contributed by atoms with Gasteiger partial charge in [-0.05, 0) is 36.8 Å². The number of nitrogens with zero attached hydrogens (tertiary/aromatic N) is 2. The molecule has 0 aliphatic carbocycles. The topological polar surface area (TPSA) is 91.2 Å². The first-order valence-corrected chi connectivity index (χ1v) is 12.4. The first-order chi connectivity index (χ1) is 15.8. The number of ether oxygens (including phenoxy) is 1. The zero-order valence-electron chi connectivity index (χ0n) is 17.4. The molecule has 2 aromatic heterocycles. The minimum absolute atomic E-state index is 0. The number of benzene rings is 1. The average Bonchev–Trinajstić information content (AvgIpc) is 3.46. The van der Waals surface area contributed by atoms with Gasteiger partial charge in [-0.2, -0.15) is 5.10 Å². The number of hydrogen-bond donors (Lipinski definition) is 2. The zero-order chi connectivity index (χ0) is 23.5. The molecule has 174 valence electrons. The molecule has 34 heavy (non-hydrogen) atoms.